The van der Waals surface area contributed by atoms with Crippen molar-refractivity contribution < 1.29 is 23.2 Å². The Balaban J connectivity index is 2.00. The number of anilines is 1. The van der Waals surface area contributed by atoms with Crippen LogP contribution in [-0.4, -0.2) is 43.7 Å². The number of hydrogen-bond acceptors (Lipinski definition) is 7. The van der Waals surface area contributed by atoms with Crippen molar-refractivity contribution in [2.45, 2.75) is 11.8 Å². The van der Waals surface area contributed by atoms with Crippen LogP contribution in [0.3, 0.4) is 0 Å². The third kappa shape index (κ3) is 5.17. The predicted octanol–water partition coefficient (Wildman–Crippen LogP) is 1.85. The Labute approximate surface area is 156 Å². The molecule has 1 amide bonds. The second-order valence-corrected chi connectivity index (χ2v) is 7.93. The minimum atomic E-state index is -3.56. The molecule has 0 radical (unpaired) electrons. The lowest BCUT2D eigenvalue weighted by Gasteiger charge is -2.10. The molecule has 144 valence electrons. The smallest absolute Gasteiger partial charge is 0.293 e. The second-order valence-electron chi connectivity index (χ2n) is 5.91. The van der Waals surface area contributed by atoms with E-state index < -0.39 is 20.7 Å². The number of phenols is 1. The summed E-state index contributed by atoms with van der Waals surface area (Å²) < 4.78 is 23.1. The first-order chi connectivity index (χ1) is 12.6. The summed E-state index contributed by atoms with van der Waals surface area (Å²) in [7, 11) is -3.56. The van der Waals surface area contributed by atoms with Crippen LogP contribution in [0.15, 0.2) is 41.3 Å². The number of carbonyl (C=O) groups is 1. The average Bonchev–Trinajstić information content (AvgIpc) is 2.57. The van der Waals surface area contributed by atoms with Crippen LogP contribution in [0.2, 0.25) is 0 Å². The molecule has 0 spiro atoms. The Morgan fingerprint density at radius 3 is 2.48 bits per heavy atom. The molecular weight excluding hydrogens is 374 g/mol. The van der Waals surface area contributed by atoms with Gasteiger partial charge in [-0.15, -0.1) is 0 Å². The average molecular weight is 393 g/mol. The van der Waals surface area contributed by atoms with Crippen molar-refractivity contribution in [2.24, 2.45) is 0 Å². The molecule has 0 aliphatic rings. The molecule has 0 aromatic heterocycles. The lowest BCUT2D eigenvalue weighted by atomic mass is 10.1. The monoisotopic (exact) mass is 393 g/mol. The normalized spacial score (nSPS) is 11.0. The molecule has 0 aliphatic carbocycles. The van der Waals surface area contributed by atoms with Crippen molar-refractivity contribution in [1.29, 1.82) is 0 Å². The van der Waals surface area contributed by atoms with Crippen molar-refractivity contribution in [3.63, 3.8) is 0 Å². The molecule has 9 nitrogen and oxygen atoms in total. The van der Waals surface area contributed by atoms with E-state index in [-0.39, 0.29) is 40.7 Å². The van der Waals surface area contributed by atoms with E-state index in [4.69, 9.17) is 0 Å². The van der Waals surface area contributed by atoms with Gasteiger partial charge in [-0.05, 0) is 36.8 Å². The van der Waals surface area contributed by atoms with E-state index in [9.17, 15) is 28.4 Å². The third-order valence-electron chi connectivity index (χ3n) is 3.72. The molecule has 10 heteroatoms. The number of nitro groups is 1. The molecular formula is C17H19N3O6S. The molecule has 0 saturated heterocycles. The number of hydrogen-bond donors (Lipinski definition) is 3. The number of amides is 1. The quantitative estimate of drug-likeness (QED) is 0.371. The van der Waals surface area contributed by atoms with E-state index in [2.05, 4.69) is 10.6 Å². The number of aryl methyl sites for hydroxylation is 1. The first-order valence-corrected chi connectivity index (χ1v) is 9.79. The van der Waals surface area contributed by atoms with Gasteiger partial charge in [-0.25, -0.2) is 8.42 Å². The topological polar surface area (TPSA) is 139 Å². The molecule has 0 aliphatic heterocycles. The molecule has 0 atom stereocenters. The Hall–Kier alpha value is -3.14. The SMILES string of the molecule is Cc1ccc(C(=O)NCCNc2ccc(S(C)(=O)=O)cc2[N+](=O)[O-])c(O)c1. The highest BCUT2D eigenvalue weighted by atomic mass is 32.2. The van der Waals surface area contributed by atoms with Crippen LogP contribution in [0.25, 0.3) is 0 Å². The summed E-state index contributed by atoms with van der Waals surface area (Å²) in [5.41, 5.74) is 0.708. The molecule has 0 heterocycles. The molecule has 0 fully saturated rings. The maximum atomic E-state index is 12.0. The van der Waals surface area contributed by atoms with Crippen LogP contribution in [0.4, 0.5) is 11.4 Å². The van der Waals surface area contributed by atoms with Crippen LogP contribution in [0.5, 0.6) is 5.75 Å². The van der Waals surface area contributed by atoms with Crippen LogP contribution in [-0.2, 0) is 9.84 Å². The highest BCUT2D eigenvalue weighted by Gasteiger charge is 2.18. The van der Waals surface area contributed by atoms with E-state index in [1.54, 1.807) is 13.0 Å². The summed E-state index contributed by atoms with van der Waals surface area (Å²) in [6.07, 6.45) is 0.967. The van der Waals surface area contributed by atoms with Gasteiger partial charge in [0.2, 0.25) is 0 Å². The summed E-state index contributed by atoms with van der Waals surface area (Å²) in [6, 6.07) is 8.23. The molecule has 0 unspecified atom stereocenters. The zero-order valence-electron chi connectivity index (χ0n) is 14.7. The van der Waals surface area contributed by atoms with Gasteiger partial charge in [-0.1, -0.05) is 6.07 Å². The van der Waals surface area contributed by atoms with Gasteiger partial charge in [0.05, 0.1) is 15.4 Å². The van der Waals surface area contributed by atoms with Gasteiger partial charge in [0.15, 0.2) is 9.84 Å². The number of rotatable bonds is 7. The number of nitrogens with one attached hydrogen (secondary N) is 2. The minimum absolute atomic E-state index is 0.129. The maximum absolute atomic E-state index is 12.0. The summed E-state index contributed by atoms with van der Waals surface area (Å²) in [6.45, 7) is 2.09. The highest BCUT2D eigenvalue weighted by molar-refractivity contribution is 7.90. The van der Waals surface area contributed by atoms with Crippen LogP contribution in [0, 0.1) is 17.0 Å². The minimum Gasteiger partial charge on any atom is -0.507 e. The lowest BCUT2D eigenvalue weighted by Crippen LogP contribution is -2.28. The van der Waals surface area contributed by atoms with Crippen LogP contribution in [0.1, 0.15) is 15.9 Å². The summed E-state index contributed by atoms with van der Waals surface area (Å²) in [5, 5.41) is 26.3. The zero-order chi connectivity index (χ0) is 20.2. The molecule has 27 heavy (non-hydrogen) atoms. The molecule has 2 aromatic rings. The number of sulfone groups is 1. The van der Waals surface area contributed by atoms with Gasteiger partial charge in [0, 0.05) is 25.4 Å². The van der Waals surface area contributed by atoms with Crippen molar-refractivity contribution >= 4 is 27.1 Å². The van der Waals surface area contributed by atoms with Crippen LogP contribution >= 0.6 is 0 Å². The Kier molecular flexibility index (Phi) is 6.01. The predicted molar refractivity (Wildman–Crippen MR) is 99.9 cm³/mol. The molecule has 3 N–H and O–H groups in total. The first kappa shape index (κ1) is 20.2. The van der Waals surface area contributed by atoms with Gasteiger partial charge in [0.1, 0.15) is 11.4 Å². The van der Waals surface area contributed by atoms with Gasteiger partial charge in [-0.3, -0.25) is 14.9 Å². The second kappa shape index (κ2) is 8.04. The van der Waals surface area contributed by atoms with Gasteiger partial charge in [0.25, 0.3) is 11.6 Å². The van der Waals surface area contributed by atoms with Gasteiger partial charge in [-0.2, -0.15) is 0 Å². The molecule has 2 rings (SSSR count). The fraction of sp³-hybridized carbons (Fsp3) is 0.235. The summed E-state index contributed by atoms with van der Waals surface area (Å²) >= 11 is 0. The Morgan fingerprint density at radius 2 is 1.89 bits per heavy atom. The third-order valence-corrected chi connectivity index (χ3v) is 4.83. The van der Waals surface area contributed by atoms with E-state index in [0.717, 1.165) is 17.9 Å². The largest absolute Gasteiger partial charge is 0.507 e. The van der Waals surface area contributed by atoms with Crippen molar-refractivity contribution in [3.8, 4) is 5.75 Å². The molecule has 2 aromatic carbocycles. The van der Waals surface area contributed by atoms with Crippen molar-refractivity contribution in [2.75, 3.05) is 24.7 Å². The zero-order valence-corrected chi connectivity index (χ0v) is 15.5. The summed E-state index contributed by atoms with van der Waals surface area (Å²) in [5.74, 6) is -0.608. The number of nitrogens with zero attached hydrogens (tertiary/aromatic N) is 1. The van der Waals surface area contributed by atoms with E-state index in [1.165, 1.54) is 24.3 Å². The fourth-order valence-corrected chi connectivity index (χ4v) is 2.99. The maximum Gasteiger partial charge on any atom is 0.293 e. The van der Waals surface area contributed by atoms with Crippen molar-refractivity contribution in [1.82, 2.24) is 5.32 Å². The van der Waals surface area contributed by atoms with E-state index in [0.29, 0.717) is 0 Å². The van der Waals surface area contributed by atoms with E-state index in [1.807, 2.05) is 0 Å². The fourth-order valence-electron chi connectivity index (χ4n) is 2.34. The number of benzene rings is 2. The summed E-state index contributed by atoms with van der Waals surface area (Å²) in [4.78, 5) is 22.4. The highest BCUT2D eigenvalue weighted by Crippen LogP contribution is 2.27. The number of nitro benzene ring substituents is 1. The number of phenolic OH excluding ortho intramolecular Hbond substituents is 1. The van der Waals surface area contributed by atoms with E-state index >= 15 is 0 Å². The Morgan fingerprint density at radius 1 is 1.19 bits per heavy atom. The lowest BCUT2D eigenvalue weighted by molar-refractivity contribution is -0.384. The van der Waals surface area contributed by atoms with Crippen molar-refractivity contribution in [3.05, 3.63) is 57.6 Å². The standard InChI is InChI=1S/C17H19N3O6S/c1-11-3-5-13(16(21)9-11)17(22)19-8-7-18-14-6-4-12(27(2,25)26)10-15(14)20(23)24/h3-6,9-10,18,21H,7-8H2,1-2H3,(H,19,22). The molecule has 0 saturated carbocycles. The number of aromatic hydroxyl groups is 1. The molecule has 0 bridgehead atoms. The number of carbonyl (C=O) groups excluding carboxylic acids is 1. The van der Waals surface area contributed by atoms with Crippen LogP contribution < -0.4 is 10.6 Å². The Bertz CT molecular complexity index is 988. The first-order valence-electron chi connectivity index (χ1n) is 7.90. The van der Waals surface area contributed by atoms with Gasteiger partial charge < -0.3 is 15.7 Å². The van der Waals surface area contributed by atoms with Gasteiger partial charge >= 0.3 is 0 Å².